The third kappa shape index (κ3) is 2.93. The van der Waals surface area contributed by atoms with Crippen molar-refractivity contribution in [3.8, 4) is 0 Å². The normalized spacial score (nSPS) is 17.4. The summed E-state index contributed by atoms with van der Waals surface area (Å²) in [6.07, 6.45) is 2.18. The van der Waals surface area contributed by atoms with Gasteiger partial charge in [0.2, 0.25) is 0 Å². The van der Waals surface area contributed by atoms with E-state index >= 15 is 0 Å². The van der Waals surface area contributed by atoms with Crippen molar-refractivity contribution in [3.05, 3.63) is 0 Å². The molecular weight excluding hydrogens is 142 g/mol. The molecule has 2 unspecified atom stereocenters. The van der Waals surface area contributed by atoms with Crippen molar-refractivity contribution in [2.45, 2.75) is 32.1 Å². The van der Waals surface area contributed by atoms with Crippen LogP contribution >= 0.6 is 11.8 Å². The fourth-order valence-electron chi connectivity index (χ4n) is 1.22. The Morgan fingerprint density at radius 1 is 1.20 bits per heavy atom. The maximum atomic E-state index is 3.28. The summed E-state index contributed by atoms with van der Waals surface area (Å²) in [5, 5.41) is 4.02. The van der Waals surface area contributed by atoms with E-state index < -0.39 is 0 Å². The molecule has 0 aliphatic rings. The summed E-state index contributed by atoms with van der Waals surface area (Å²) in [7, 11) is 2.02. The van der Waals surface area contributed by atoms with Crippen LogP contribution in [0.3, 0.4) is 0 Å². The predicted octanol–water partition coefficient (Wildman–Crippen LogP) is 1.98. The van der Waals surface area contributed by atoms with Crippen molar-refractivity contribution in [1.82, 2.24) is 5.32 Å². The molecule has 0 aromatic heterocycles. The van der Waals surface area contributed by atoms with Gasteiger partial charge in [-0.3, -0.25) is 0 Å². The highest BCUT2D eigenvalue weighted by atomic mass is 32.2. The van der Waals surface area contributed by atoms with Crippen LogP contribution in [-0.4, -0.2) is 24.6 Å². The topological polar surface area (TPSA) is 12.0 Å². The van der Waals surface area contributed by atoms with Gasteiger partial charge in [0.15, 0.2) is 0 Å². The molecule has 0 rings (SSSR count). The largest absolute Gasteiger partial charge is 0.316 e. The van der Waals surface area contributed by atoms with Crippen LogP contribution in [0.25, 0.3) is 0 Å². The first kappa shape index (κ1) is 10.3. The van der Waals surface area contributed by atoms with Gasteiger partial charge in [-0.15, -0.1) is 0 Å². The van der Waals surface area contributed by atoms with Gasteiger partial charge in [0.1, 0.15) is 0 Å². The number of nitrogens with one attached hydrogen (secondary N) is 1. The number of hydrogen-bond acceptors (Lipinski definition) is 2. The van der Waals surface area contributed by atoms with Crippen LogP contribution in [0.2, 0.25) is 0 Å². The highest BCUT2D eigenvalue weighted by Crippen LogP contribution is 2.19. The van der Waals surface area contributed by atoms with Gasteiger partial charge in [-0.1, -0.05) is 13.8 Å². The minimum atomic E-state index is 0.620. The zero-order valence-corrected chi connectivity index (χ0v) is 8.46. The fraction of sp³-hybridized carbons (Fsp3) is 1.00. The highest BCUT2D eigenvalue weighted by Gasteiger charge is 2.17. The molecular formula is C8H19NS. The van der Waals surface area contributed by atoms with E-state index in [9.17, 15) is 0 Å². The molecule has 0 aromatic rings. The Balaban J connectivity index is 3.80. The van der Waals surface area contributed by atoms with Crippen molar-refractivity contribution < 1.29 is 0 Å². The zero-order chi connectivity index (χ0) is 8.15. The second-order valence-corrected chi connectivity index (χ2v) is 4.04. The Bertz CT molecular complexity index is 83.3. The summed E-state index contributed by atoms with van der Waals surface area (Å²) in [4.78, 5) is 0. The van der Waals surface area contributed by atoms with Crippen LogP contribution in [0.5, 0.6) is 0 Å². The van der Waals surface area contributed by atoms with Crippen LogP contribution in [0.1, 0.15) is 20.8 Å². The summed E-state index contributed by atoms with van der Waals surface area (Å²) in [5.74, 6) is 0.762. The third-order valence-electron chi connectivity index (χ3n) is 1.88. The van der Waals surface area contributed by atoms with E-state index in [-0.39, 0.29) is 0 Å². The molecule has 1 nitrogen and oxygen atoms in total. The molecule has 0 aliphatic carbocycles. The molecule has 2 heteroatoms. The Morgan fingerprint density at radius 2 is 1.70 bits per heavy atom. The van der Waals surface area contributed by atoms with E-state index in [2.05, 4.69) is 32.3 Å². The van der Waals surface area contributed by atoms with E-state index in [1.807, 2.05) is 18.8 Å². The molecule has 0 fully saturated rings. The minimum absolute atomic E-state index is 0.620. The van der Waals surface area contributed by atoms with Gasteiger partial charge in [0, 0.05) is 11.3 Å². The van der Waals surface area contributed by atoms with E-state index in [4.69, 9.17) is 0 Å². The standard InChI is InChI=1S/C8H19NS/c1-6(2)8(10-5)7(3)9-4/h6-9H,1-5H3. The summed E-state index contributed by atoms with van der Waals surface area (Å²) in [6.45, 7) is 6.78. The zero-order valence-electron chi connectivity index (χ0n) is 7.64. The highest BCUT2D eigenvalue weighted by molar-refractivity contribution is 7.99. The lowest BCUT2D eigenvalue weighted by Gasteiger charge is -2.24. The minimum Gasteiger partial charge on any atom is -0.316 e. The second kappa shape index (κ2) is 5.03. The van der Waals surface area contributed by atoms with Crippen LogP contribution in [-0.2, 0) is 0 Å². The lowest BCUT2D eigenvalue weighted by atomic mass is 10.0. The summed E-state index contributed by atoms with van der Waals surface area (Å²) < 4.78 is 0. The lowest BCUT2D eigenvalue weighted by molar-refractivity contribution is 0.486. The molecule has 0 saturated heterocycles. The molecule has 0 saturated carbocycles. The van der Waals surface area contributed by atoms with Crippen molar-refractivity contribution >= 4 is 11.8 Å². The SMILES string of the molecule is CNC(C)C(SC)C(C)C. The van der Waals surface area contributed by atoms with Crippen molar-refractivity contribution in [3.63, 3.8) is 0 Å². The number of thioether (sulfide) groups is 1. The Kier molecular flexibility index (Phi) is 5.18. The molecule has 0 radical (unpaired) electrons. The van der Waals surface area contributed by atoms with Gasteiger partial charge in [-0.05, 0) is 26.1 Å². The monoisotopic (exact) mass is 161 g/mol. The van der Waals surface area contributed by atoms with Crippen LogP contribution in [0, 0.1) is 5.92 Å². The predicted molar refractivity (Wildman–Crippen MR) is 50.7 cm³/mol. The molecule has 10 heavy (non-hydrogen) atoms. The van der Waals surface area contributed by atoms with Crippen LogP contribution < -0.4 is 5.32 Å². The van der Waals surface area contributed by atoms with Gasteiger partial charge in [-0.25, -0.2) is 0 Å². The van der Waals surface area contributed by atoms with Gasteiger partial charge >= 0.3 is 0 Å². The summed E-state index contributed by atoms with van der Waals surface area (Å²) in [5.41, 5.74) is 0. The first-order valence-electron chi connectivity index (χ1n) is 3.83. The summed E-state index contributed by atoms with van der Waals surface area (Å²) >= 11 is 1.95. The van der Waals surface area contributed by atoms with Crippen LogP contribution in [0.15, 0.2) is 0 Å². The van der Waals surface area contributed by atoms with E-state index in [0.717, 1.165) is 11.2 Å². The molecule has 0 spiro atoms. The second-order valence-electron chi connectivity index (χ2n) is 3.02. The molecule has 2 atom stereocenters. The van der Waals surface area contributed by atoms with Gasteiger partial charge < -0.3 is 5.32 Å². The average Bonchev–Trinajstić information content (AvgIpc) is 1.88. The molecule has 0 bridgehead atoms. The average molecular weight is 161 g/mol. The van der Waals surface area contributed by atoms with Gasteiger partial charge in [0.25, 0.3) is 0 Å². The first-order chi connectivity index (χ1) is 4.63. The van der Waals surface area contributed by atoms with Gasteiger partial charge in [-0.2, -0.15) is 11.8 Å². The molecule has 0 heterocycles. The Labute approximate surface area is 69.0 Å². The first-order valence-corrected chi connectivity index (χ1v) is 5.12. The molecule has 0 aliphatic heterocycles. The molecule has 0 amide bonds. The van der Waals surface area contributed by atoms with Crippen molar-refractivity contribution in [2.24, 2.45) is 5.92 Å². The molecule has 1 N–H and O–H groups in total. The molecule has 0 aromatic carbocycles. The Morgan fingerprint density at radius 3 is 1.80 bits per heavy atom. The maximum absolute atomic E-state index is 3.28. The van der Waals surface area contributed by atoms with Crippen LogP contribution in [0.4, 0.5) is 0 Å². The third-order valence-corrected chi connectivity index (χ3v) is 3.37. The van der Waals surface area contributed by atoms with E-state index in [1.54, 1.807) is 0 Å². The number of hydrogen-bond donors (Lipinski definition) is 1. The van der Waals surface area contributed by atoms with Gasteiger partial charge in [0.05, 0.1) is 0 Å². The summed E-state index contributed by atoms with van der Waals surface area (Å²) in [6, 6.07) is 0.620. The van der Waals surface area contributed by atoms with E-state index in [1.165, 1.54) is 0 Å². The molecule has 62 valence electrons. The fourth-order valence-corrected chi connectivity index (χ4v) is 2.31. The van der Waals surface area contributed by atoms with Crippen molar-refractivity contribution in [2.75, 3.05) is 13.3 Å². The smallest absolute Gasteiger partial charge is 0.0218 e. The van der Waals surface area contributed by atoms with Crippen molar-refractivity contribution in [1.29, 1.82) is 0 Å². The number of rotatable bonds is 4. The van der Waals surface area contributed by atoms with E-state index in [0.29, 0.717) is 6.04 Å². The quantitative estimate of drug-likeness (QED) is 0.676. The Hall–Kier alpha value is 0.310. The lowest BCUT2D eigenvalue weighted by Crippen LogP contribution is -2.35. The maximum Gasteiger partial charge on any atom is 0.0218 e.